The number of nitrogen functional groups attached to an aromatic ring is 1. The van der Waals surface area contributed by atoms with Crippen molar-refractivity contribution in [2.24, 2.45) is 0 Å². The molecule has 5 N–H and O–H groups in total. The predicted octanol–water partition coefficient (Wildman–Crippen LogP) is 3.59. The van der Waals surface area contributed by atoms with Crippen LogP contribution in [0.2, 0.25) is 0 Å². The molecular weight excluding hydrogens is 470 g/mol. The Morgan fingerprint density at radius 1 is 1.22 bits per heavy atom. The molecule has 1 aromatic heterocycles. The molecule has 37 heavy (non-hydrogen) atoms. The van der Waals surface area contributed by atoms with E-state index in [1.54, 1.807) is 6.07 Å². The summed E-state index contributed by atoms with van der Waals surface area (Å²) in [5.74, 6) is 0.623. The molecule has 0 spiro atoms. The molecule has 0 amide bonds. The molecule has 1 aliphatic heterocycles. The Bertz CT molecular complexity index is 1000. The fraction of sp³-hybridized carbons (Fsp3) is 0.607. The summed E-state index contributed by atoms with van der Waals surface area (Å²) < 4.78 is 5.40. The number of nitrogens with zero attached hydrogens (tertiary/aromatic N) is 3. The number of phenols is 1. The highest BCUT2D eigenvalue weighted by molar-refractivity contribution is 5.72. The van der Waals surface area contributed by atoms with Gasteiger partial charge < -0.3 is 30.9 Å². The molecule has 0 bridgehead atoms. The average molecular weight is 514 g/mol. The molecule has 0 saturated carbocycles. The van der Waals surface area contributed by atoms with Crippen LogP contribution in [0.3, 0.4) is 0 Å². The highest BCUT2D eigenvalue weighted by Crippen LogP contribution is 2.28. The number of nitrogens with two attached hydrogens (primary N) is 1. The zero-order valence-electron chi connectivity index (χ0n) is 22.3. The molecule has 1 aliphatic rings. The normalized spacial score (nSPS) is 14.6. The predicted molar refractivity (Wildman–Crippen MR) is 146 cm³/mol. The first-order chi connectivity index (χ1) is 17.9. The first-order valence-electron chi connectivity index (χ1n) is 13.6. The molecule has 2 aromatic rings. The smallest absolute Gasteiger partial charge is 0.310 e. The van der Waals surface area contributed by atoms with Crippen LogP contribution < -0.4 is 11.1 Å². The van der Waals surface area contributed by atoms with Gasteiger partial charge in [-0.2, -0.15) is 4.98 Å². The quantitative estimate of drug-likeness (QED) is 0.208. The lowest BCUT2D eigenvalue weighted by molar-refractivity contribution is -0.142. The van der Waals surface area contributed by atoms with Crippen molar-refractivity contribution < 1.29 is 19.7 Å². The molecule has 0 radical (unpaired) electrons. The highest BCUT2D eigenvalue weighted by atomic mass is 16.5. The number of esters is 1. The van der Waals surface area contributed by atoms with Gasteiger partial charge in [0.15, 0.2) is 0 Å². The molecule has 0 aliphatic carbocycles. The molecule has 204 valence electrons. The Kier molecular flexibility index (Phi) is 11.4. The SMILES string of the molecule is CCC[C@@H](CCO)Nc1nc(N)nc(C)c1Cc1ccc(CC(=O)OCCCCN2CCCC2)cc1O. The van der Waals surface area contributed by atoms with Crippen molar-refractivity contribution in [1.82, 2.24) is 14.9 Å². The summed E-state index contributed by atoms with van der Waals surface area (Å²) in [5, 5.41) is 23.6. The standard InChI is InChI=1S/C28H43N5O4/c1-3-8-23(11-15-34)31-27-24(20(2)30-28(29)32-27)19-22-10-9-21(17-25(22)35)18-26(36)37-16-7-6-14-33-12-4-5-13-33/h9-10,17,23,34-35H,3-8,11-16,18-19H2,1-2H3,(H3,29,30,31,32)/t23-/m0/s1. The number of aromatic hydroxyl groups is 1. The third-order valence-electron chi connectivity index (χ3n) is 6.88. The third-order valence-corrected chi connectivity index (χ3v) is 6.88. The molecular formula is C28H43N5O4. The van der Waals surface area contributed by atoms with Gasteiger partial charge >= 0.3 is 5.97 Å². The molecule has 9 heteroatoms. The van der Waals surface area contributed by atoms with Gasteiger partial charge in [0.1, 0.15) is 11.6 Å². The molecule has 3 rings (SSSR count). The summed E-state index contributed by atoms with van der Waals surface area (Å²) in [7, 11) is 0. The van der Waals surface area contributed by atoms with E-state index in [1.807, 2.05) is 19.1 Å². The van der Waals surface area contributed by atoms with E-state index in [9.17, 15) is 15.0 Å². The van der Waals surface area contributed by atoms with Gasteiger partial charge in [0, 0.05) is 30.3 Å². The summed E-state index contributed by atoms with van der Waals surface area (Å²) in [6, 6.07) is 5.35. The molecule has 0 unspecified atom stereocenters. The summed E-state index contributed by atoms with van der Waals surface area (Å²) in [4.78, 5) is 23.5. The van der Waals surface area contributed by atoms with Crippen LogP contribution in [0.15, 0.2) is 18.2 Å². The zero-order chi connectivity index (χ0) is 26.6. The number of nitrogens with one attached hydrogen (secondary N) is 1. The van der Waals surface area contributed by atoms with E-state index in [-0.39, 0.29) is 36.7 Å². The van der Waals surface area contributed by atoms with Crippen LogP contribution in [-0.4, -0.2) is 69.9 Å². The van der Waals surface area contributed by atoms with Crippen molar-refractivity contribution in [3.05, 3.63) is 40.6 Å². The van der Waals surface area contributed by atoms with Gasteiger partial charge in [-0.05, 0) is 82.3 Å². The van der Waals surface area contributed by atoms with E-state index in [0.717, 1.165) is 43.5 Å². The number of likely N-dealkylation sites (tertiary alicyclic amines) is 1. The average Bonchev–Trinajstić information content (AvgIpc) is 3.36. The van der Waals surface area contributed by atoms with Gasteiger partial charge in [0.2, 0.25) is 5.95 Å². The van der Waals surface area contributed by atoms with Gasteiger partial charge in [-0.25, -0.2) is 4.98 Å². The minimum Gasteiger partial charge on any atom is -0.508 e. The van der Waals surface area contributed by atoms with Crippen molar-refractivity contribution in [2.45, 2.75) is 77.7 Å². The number of aliphatic hydroxyl groups excluding tert-OH is 1. The van der Waals surface area contributed by atoms with Crippen LogP contribution in [0.25, 0.3) is 0 Å². The molecule has 1 saturated heterocycles. The molecule has 1 fully saturated rings. The maximum Gasteiger partial charge on any atom is 0.310 e. The lowest BCUT2D eigenvalue weighted by atomic mass is 10.00. The Balaban J connectivity index is 1.57. The summed E-state index contributed by atoms with van der Waals surface area (Å²) >= 11 is 0. The number of carbonyl (C=O) groups excluding carboxylic acids is 1. The number of aryl methyl sites for hydroxylation is 1. The maximum atomic E-state index is 12.3. The second-order valence-electron chi connectivity index (χ2n) is 9.93. The number of aliphatic hydroxyl groups is 1. The van der Waals surface area contributed by atoms with Gasteiger partial charge in [-0.1, -0.05) is 25.5 Å². The van der Waals surface area contributed by atoms with Crippen LogP contribution in [0.5, 0.6) is 5.75 Å². The lowest BCUT2D eigenvalue weighted by Gasteiger charge is -2.21. The highest BCUT2D eigenvalue weighted by Gasteiger charge is 2.17. The molecule has 1 aromatic carbocycles. The number of phenolic OH excluding ortho intramolecular Hbond substituents is 1. The van der Waals surface area contributed by atoms with Crippen LogP contribution in [0.4, 0.5) is 11.8 Å². The number of rotatable bonds is 15. The number of carbonyl (C=O) groups is 1. The lowest BCUT2D eigenvalue weighted by Crippen LogP contribution is -2.23. The second-order valence-corrected chi connectivity index (χ2v) is 9.93. The Morgan fingerprint density at radius 3 is 2.70 bits per heavy atom. The van der Waals surface area contributed by atoms with Crippen molar-refractivity contribution >= 4 is 17.7 Å². The summed E-state index contributed by atoms with van der Waals surface area (Å²) in [6.45, 7) is 7.91. The maximum absolute atomic E-state index is 12.3. The minimum absolute atomic E-state index is 0.0599. The van der Waals surface area contributed by atoms with E-state index >= 15 is 0 Å². The van der Waals surface area contributed by atoms with E-state index < -0.39 is 0 Å². The molecule has 9 nitrogen and oxygen atoms in total. The zero-order valence-corrected chi connectivity index (χ0v) is 22.3. The summed E-state index contributed by atoms with van der Waals surface area (Å²) in [5.41, 5.74) is 8.89. The van der Waals surface area contributed by atoms with Crippen LogP contribution in [-0.2, 0) is 22.4 Å². The first-order valence-corrected chi connectivity index (χ1v) is 13.6. The Morgan fingerprint density at radius 2 is 2.00 bits per heavy atom. The Labute approximate surface area is 220 Å². The van der Waals surface area contributed by atoms with Crippen molar-refractivity contribution in [3.63, 3.8) is 0 Å². The molecule has 2 heterocycles. The number of benzene rings is 1. The van der Waals surface area contributed by atoms with Crippen molar-refractivity contribution in [2.75, 3.05) is 43.9 Å². The van der Waals surface area contributed by atoms with Gasteiger partial charge in [-0.15, -0.1) is 0 Å². The van der Waals surface area contributed by atoms with Crippen LogP contribution >= 0.6 is 0 Å². The van der Waals surface area contributed by atoms with Crippen molar-refractivity contribution in [3.8, 4) is 5.75 Å². The number of anilines is 2. The number of hydrogen-bond acceptors (Lipinski definition) is 9. The van der Waals surface area contributed by atoms with E-state index in [0.29, 0.717) is 36.4 Å². The van der Waals surface area contributed by atoms with E-state index in [4.69, 9.17) is 10.5 Å². The van der Waals surface area contributed by atoms with Crippen LogP contribution in [0.1, 0.15) is 74.3 Å². The number of aromatic nitrogens is 2. The van der Waals surface area contributed by atoms with Gasteiger partial charge in [0.25, 0.3) is 0 Å². The monoisotopic (exact) mass is 513 g/mol. The van der Waals surface area contributed by atoms with Crippen molar-refractivity contribution in [1.29, 1.82) is 0 Å². The Hall–Kier alpha value is -2.91. The first kappa shape index (κ1) is 28.7. The fourth-order valence-electron chi connectivity index (χ4n) is 4.84. The fourth-order valence-corrected chi connectivity index (χ4v) is 4.84. The molecule has 1 atom stereocenters. The van der Waals surface area contributed by atoms with E-state index in [2.05, 4.69) is 27.1 Å². The minimum atomic E-state index is -0.284. The third kappa shape index (κ3) is 9.16. The number of ether oxygens (including phenoxy) is 1. The summed E-state index contributed by atoms with van der Waals surface area (Å²) in [6.07, 6.45) is 7.46. The van der Waals surface area contributed by atoms with Gasteiger partial charge in [-0.3, -0.25) is 4.79 Å². The topological polar surface area (TPSA) is 134 Å². The largest absolute Gasteiger partial charge is 0.508 e. The van der Waals surface area contributed by atoms with Crippen LogP contribution in [0, 0.1) is 6.92 Å². The van der Waals surface area contributed by atoms with E-state index in [1.165, 1.54) is 25.9 Å². The van der Waals surface area contributed by atoms with Gasteiger partial charge in [0.05, 0.1) is 13.0 Å². The second kappa shape index (κ2) is 14.7. The number of hydrogen-bond donors (Lipinski definition) is 4. The number of unbranched alkanes of at least 4 members (excludes halogenated alkanes) is 1.